The summed E-state index contributed by atoms with van der Waals surface area (Å²) in [7, 11) is 0. The zero-order valence-corrected chi connectivity index (χ0v) is 10.7. The molecule has 0 aliphatic rings. The fourth-order valence-corrected chi connectivity index (χ4v) is 1.65. The van der Waals surface area contributed by atoms with Crippen molar-refractivity contribution in [2.24, 2.45) is 0 Å². The Morgan fingerprint density at radius 1 is 1.00 bits per heavy atom. The maximum atomic E-state index is 12.3. The van der Waals surface area contributed by atoms with Crippen molar-refractivity contribution in [3.63, 3.8) is 0 Å². The summed E-state index contributed by atoms with van der Waals surface area (Å²) in [5.74, 6) is -0.512. The highest BCUT2D eigenvalue weighted by atomic mass is 19.4. The molecular weight excluding hydrogens is 285 g/mol. The molecule has 21 heavy (non-hydrogen) atoms. The molecule has 1 atom stereocenters. The van der Waals surface area contributed by atoms with Crippen molar-refractivity contribution in [2.75, 3.05) is 0 Å². The van der Waals surface area contributed by atoms with Crippen LogP contribution in [-0.2, 0) is 0 Å². The number of hydrogen-bond donors (Lipinski definition) is 1. The van der Waals surface area contributed by atoms with E-state index in [1.54, 1.807) is 30.3 Å². The van der Waals surface area contributed by atoms with Crippen LogP contribution in [0.1, 0.15) is 22.0 Å². The fraction of sp³-hybridized carbons (Fsp3) is 0.133. The van der Waals surface area contributed by atoms with Crippen molar-refractivity contribution in [3.05, 3.63) is 65.7 Å². The van der Waals surface area contributed by atoms with Gasteiger partial charge in [0.05, 0.1) is 5.56 Å². The number of carbonyl (C=O) groups excluding carboxylic acids is 1. The monoisotopic (exact) mass is 296 g/mol. The second kappa shape index (κ2) is 5.97. The molecular formula is C15H11F3O3. The molecule has 0 bridgehead atoms. The molecule has 2 rings (SSSR count). The van der Waals surface area contributed by atoms with Gasteiger partial charge in [0.2, 0.25) is 0 Å². The van der Waals surface area contributed by atoms with Gasteiger partial charge in [-0.25, -0.2) is 4.79 Å². The SMILES string of the molecule is O=C(Oc1ccc([C@@H](O)C(F)(F)F)cc1)c1ccccc1. The Kier molecular flexibility index (Phi) is 4.28. The van der Waals surface area contributed by atoms with Crippen molar-refractivity contribution < 1.29 is 27.8 Å². The van der Waals surface area contributed by atoms with Crippen LogP contribution in [0.3, 0.4) is 0 Å². The molecule has 0 saturated heterocycles. The van der Waals surface area contributed by atoms with Gasteiger partial charge >= 0.3 is 12.1 Å². The molecule has 0 amide bonds. The van der Waals surface area contributed by atoms with E-state index in [1.807, 2.05) is 0 Å². The van der Waals surface area contributed by atoms with E-state index in [-0.39, 0.29) is 11.3 Å². The normalized spacial score (nSPS) is 12.8. The second-order valence-corrected chi connectivity index (χ2v) is 4.27. The van der Waals surface area contributed by atoms with E-state index < -0.39 is 18.2 Å². The highest BCUT2D eigenvalue weighted by Crippen LogP contribution is 2.33. The van der Waals surface area contributed by atoms with E-state index in [9.17, 15) is 18.0 Å². The van der Waals surface area contributed by atoms with Gasteiger partial charge < -0.3 is 9.84 Å². The number of esters is 1. The molecule has 0 aliphatic heterocycles. The second-order valence-electron chi connectivity index (χ2n) is 4.27. The lowest BCUT2D eigenvalue weighted by Crippen LogP contribution is -2.20. The van der Waals surface area contributed by atoms with Gasteiger partial charge in [0.15, 0.2) is 6.10 Å². The Morgan fingerprint density at radius 3 is 2.10 bits per heavy atom. The summed E-state index contributed by atoms with van der Waals surface area (Å²) in [4.78, 5) is 11.7. The molecule has 0 spiro atoms. The summed E-state index contributed by atoms with van der Waals surface area (Å²) >= 11 is 0. The van der Waals surface area contributed by atoms with E-state index in [0.29, 0.717) is 5.56 Å². The Morgan fingerprint density at radius 2 is 1.57 bits per heavy atom. The van der Waals surface area contributed by atoms with Gasteiger partial charge in [-0.1, -0.05) is 30.3 Å². The van der Waals surface area contributed by atoms with Crippen LogP contribution in [0.25, 0.3) is 0 Å². The lowest BCUT2D eigenvalue weighted by Gasteiger charge is -2.14. The average Bonchev–Trinajstić information content (AvgIpc) is 2.47. The minimum absolute atomic E-state index is 0.0991. The number of ether oxygens (including phenoxy) is 1. The minimum Gasteiger partial charge on any atom is -0.423 e. The molecule has 6 heteroatoms. The van der Waals surface area contributed by atoms with Crippen molar-refractivity contribution >= 4 is 5.97 Å². The third kappa shape index (κ3) is 3.82. The van der Waals surface area contributed by atoms with Gasteiger partial charge in [0, 0.05) is 0 Å². The highest BCUT2D eigenvalue weighted by molar-refractivity contribution is 5.90. The topological polar surface area (TPSA) is 46.5 Å². The maximum absolute atomic E-state index is 12.3. The Bertz CT molecular complexity index is 606. The van der Waals surface area contributed by atoms with Crippen LogP contribution >= 0.6 is 0 Å². The lowest BCUT2D eigenvalue weighted by atomic mass is 10.1. The molecule has 0 saturated carbocycles. The standard InChI is InChI=1S/C15H11F3O3/c16-15(17,18)13(19)10-6-8-12(9-7-10)21-14(20)11-4-2-1-3-5-11/h1-9,13,19H/t13-/m1/s1. The summed E-state index contributed by atoms with van der Waals surface area (Å²) < 4.78 is 42.0. The molecule has 0 aromatic heterocycles. The first-order valence-corrected chi connectivity index (χ1v) is 6.00. The summed E-state index contributed by atoms with van der Waals surface area (Å²) in [6, 6.07) is 12.7. The quantitative estimate of drug-likeness (QED) is 0.696. The third-order valence-corrected chi connectivity index (χ3v) is 2.73. The number of carbonyl (C=O) groups is 1. The molecule has 0 fully saturated rings. The van der Waals surface area contributed by atoms with Crippen LogP contribution in [0.4, 0.5) is 13.2 Å². The van der Waals surface area contributed by atoms with E-state index in [0.717, 1.165) is 12.1 Å². The number of alkyl halides is 3. The molecule has 2 aromatic rings. The Hall–Kier alpha value is -2.34. The minimum atomic E-state index is -4.73. The number of rotatable bonds is 3. The zero-order valence-electron chi connectivity index (χ0n) is 10.7. The molecule has 110 valence electrons. The van der Waals surface area contributed by atoms with Crippen molar-refractivity contribution in [1.82, 2.24) is 0 Å². The van der Waals surface area contributed by atoms with E-state index in [1.165, 1.54) is 12.1 Å². The molecule has 2 aromatic carbocycles. The molecule has 0 unspecified atom stereocenters. The largest absolute Gasteiger partial charge is 0.423 e. The van der Waals surface area contributed by atoms with Crippen LogP contribution in [0, 0.1) is 0 Å². The van der Waals surface area contributed by atoms with Crippen LogP contribution < -0.4 is 4.74 Å². The van der Waals surface area contributed by atoms with Crippen LogP contribution in [0.2, 0.25) is 0 Å². The van der Waals surface area contributed by atoms with Gasteiger partial charge in [-0.2, -0.15) is 13.2 Å². The molecule has 0 heterocycles. The van der Waals surface area contributed by atoms with Gasteiger partial charge in [-0.15, -0.1) is 0 Å². The van der Waals surface area contributed by atoms with Crippen molar-refractivity contribution in [1.29, 1.82) is 0 Å². The predicted octanol–water partition coefficient (Wildman–Crippen LogP) is 3.50. The van der Waals surface area contributed by atoms with Gasteiger partial charge in [-0.05, 0) is 29.8 Å². The molecule has 0 radical (unpaired) electrons. The first kappa shape index (κ1) is 15.1. The third-order valence-electron chi connectivity index (χ3n) is 2.73. The summed E-state index contributed by atoms with van der Waals surface area (Å²) in [5, 5.41) is 9.08. The number of benzene rings is 2. The van der Waals surface area contributed by atoms with E-state index in [2.05, 4.69) is 0 Å². The number of aliphatic hydroxyl groups is 1. The van der Waals surface area contributed by atoms with E-state index >= 15 is 0 Å². The Balaban J connectivity index is 2.08. The zero-order chi connectivity index (χ0) is 15.5. The van der Waals surface area contributed by atoms with Gasteiger partial charge in [0.25, 0.3) is 0 Å². The van der Waals surface area contributed by atoms with Crippen LogP contribution in [0.5, 0.6) is 5.75 Å². The van der Waals surface area contributed by atoms with Crippen molar-refractivity contribution in [3.8, 4) is 5.75 Å². The first-order valence-electron chi connectivity index (χ1n) is 6.00. The van der Waals surface area contributed by atoms with Gasteiger partial charge in [-0.3, -0.25) is 0 Å². The summed E-state index contributed by atoms with van der Waals surface area (Å²) in [6.45, 7) is 0. The van der Waals surface area contributed by atoms with E-state index in [4.69, 9.17) is 9.84 Å². The number of hydrogen-bond acceptors (Lipinski definition) is 3. The smallest absolute Gasteiger partial charge is 0.418 e. The molecule has 0 aliphatic carbocycles. The average molecular weight is 296 g/mol. The molecule has 3 nitrogen and oxygen atoms in total. The number of aliphatic hydroxyl groups excluding tert-OH is 1. The summed E-state index contributed by atoms with van der Waals surface area (Å²) in [6.07, 6.45) is -7.29. The first-order chi connectivity index (χ1) is 9.88. The fourth-order valence-electron chi connectivity index (χ4n) is 1.65. The Labute approximate surface area is 118 Å². The van der Waals surface area contributed by atoms with Gasteiger partial charge in [0.1, 0.15) is 5.75 Å². The summed E-state index contributed by atoms with van der Waals surface area (Å²) in [5.41, 5.74) is 0.0129. The van der Waals surface area contributed by atoms with Crippen molar-refractivity contribution in [2.45, 2.75) is 12.3 Å². The molecule has 1 N–H and O–H groups in total. The van der Waals surface area contributed by atoms with Crippen LogP contribution in [0.15, 0.2) is 54.6 Å². The predicted molar refractivity (Wildman–Crippen MR) is 68.9 cm³/mol. The maximum Gasteiger partial charge on any atom is 0.418 e. The number of halogens is 3. The lowest BCUT2D eigenvalue weighted by molar-refractivity contribution is -0.206. The van der Waals surface area contributed by atoms with Crippen LogP contribution in [-0.4, -0.2) is 17.3 Å². The highest BCUT2D eigenvalue weighted by Gasteiger charge is 2.39.